The van der Waals surface area contributed by atoms with E-state index in [1.165, 1.54) is 11.3 Å². The van der Waals surface area contributed by atoms with Gasteiger partial charge in [0.25, 0.3) is 0 Å². The number of anilines is 1. The fraction of sp³-hybridized carbons (Fsp3) is 0.556. The van der Waals surface area contributed by atoms with Gasteiger partial charge < -0.3 is 14.9 Å². The highest BCUT2D eigenvalue weighted by Crippen LogP contribution is 2.33. The van der Waals surface area contributed by atoms with Crippen LogP contribution in [0.5, 0.6) is 0 Å². The molecule has 1 fully saturated rings. The van der Waals surface area contributed by atoms with Gasteiger partial charge in [-0.1, -0.05) is 12.1 Å². The highest BCUT2D eigenvalue weighted by molar-refractivity contribution is 5.73. The van der Waals surface area contributed by atoms with Gasteiger partial charge in [0, 0.05) is 44.7 Å². The predicted molar refractivity (Wildman–Crippen MR) is 88.7 cm³/mol. The molecule has 124 valence electrons. The Morgan fingerprint density at radius 1 is 1.22 bits per heavy atom. The summed E-state index contributed by atoms with van der Waals surface area (Å²) in [6.45, 7) is 4.37. The number of benzene rings is 1. The van der Waals surface area contributed by atoms with Gasteiger partial charge in [-0.15, -0.1) is 0 Å². The number of carboxylic acid groups (broad SMARTS) is 1. The molecule has 1 N–H and O–H groups in total. The molecule has 0 atom stereocenters. The minimum absolute atomic E-state index is 0.174. The van der Waals surface area contributed by atoms with Gasteiger partial charge in [0.2, 0.25) is 5.91 Å². The lowest BCUT2D eigenvalue weighted by Gasteiger charge is -2.37. The predicted octanol–water partition coefficient (Wildman–Crippen LogP) is 2.08. The number of carboxylic acids is 1. The van der Waals surface area contributed by atoms with E-state index < -0.39 is 5.97 Å². The maximum atomic E-state index is 11.4. The number of hydrogen-bond donors (Lipinski definition) is 1. The zero-order chi connectivity index (χ0) is 16.4. The Labute approximate surface area is 136 Å². The van der Waals surface area contributed by atoms with Gasteiger partial charge in [0.05, 0.1) is 0 Å². The molecule has 0 aliphatic carbocycles. The quantitative estimate of drug-likeness (QED) is 0.924. The van der Waals surface area contributed by atoms with Crippen LogP contribution in [-0.4, -0.2) is 47.6 Å². The second-order valence-electron chi connectivity index (χ2n) is 6.54. The van der Waals surface area contributed by atoms with Crippen molar-refractivity contribution >= 4 is 17.6 Å². The maximum Gasteiger partial charge on any atom is 0.303 e. The monoisotopic (exact) mass is 316 g/mol. The van der Waals surface area contributed by atoms with Crippen molar-refractivity contribution in [2.24, 2.45) is 0 Å². The summed E-state index contributed by atoms with van der Waals surface area (Å²) in [5, 5.41) is 8.80. The summed E-state index contributed by atoms with van der Waals surface area (Å²) in [5.74, 6) is -0.572. The number of fused-ring (bicyclic) bond motifs is 1. The van der Waals surface area contributed by atoms with Crippen LogP contribution in [-0.2, 0) is 22.4 Å². The molecule has 23 heavy (non-hydrogen) atoms. The number of aryl methyl sites for hydroxylation is 1. The Hall–Kier alpha value is -2.04. The molecule has 0 bridgehead atoms. The first-order valence-electron chi connectivity index (χ1n) is 8.40. The summed E-state index contributed by atoms with van der Waals surface area (Å²) in [5.41, 5.74) is 3.74. The Kier molecular flexibility index (Phi) is 4.55. The third kappa shape index (κ3) is 3.49. The van der Waals surface area contributed by atoms with Gasteiger partial charge in [-0.25, -0.2) is 0 Å². The largest absolute Gasteiger partial charge is 0.481 e. The number of carbonyl (C=O) groups is 2. The number of likely N-dealkylation sites (tertiary alicyclic amines) is 1. The van der Waals surface area contributed by atoms with Crippen LogP contribution in [0.1, 0.15) is 37.3 Å². The second kappa shape index (κ2) is 6.60. The molecular weight excluding hydrogens is 292 g/mol. The molecule has 1 aromatic rings. The van der Waals surface area contributed by atoms with Crippen LogP contribution in [0.2, 0.25) is 0 Å². The fourth-order valence-electron chi connectivity index (χ4n) is 3.76. The van der Waals surface area contributed by atoms with Crippen molar-refractivity contribution in [1.82, 2.24) is 4.90 Å². The SMILES string of the molecule is CC(=O)N1CCC(N2CCc3cc(CCC(=O)O)ccc32)CC1. The third-order valence-electron chi connectivity index (χ3n) is 5.05. The lowest BCUT2D eigenvalue weighted by molar-refractivity contribution is -0.137. The van der Waals surface area contributed by atoms with E-state index in [4.69, 9.17) is 5.11 Å². The summed E-state index contributed by atoms with van der Waals surface area (Å²) in [6.07, 6.45) is 3.87. The van der Waals surface area contributed by atoms with Gasteiger partial charge in [0.1, 0.15) is 0 Å². The summed E-state index contributed by atoms with van der Waals surface area (Å²) in [7, 11) is 0. The van der Waals surface area contributed by atoms with Crippen LogP contribution in [0.3, 0.4) is 0 Å². The molecule has 2 heterocycles. The lowest BCUT2D eigenvalue weighted by atomic mass is 10.0. The molecular formula is C18H24N2O3. The van der Waals surface area contributed by atoms with E-state index in [-0.39, 0.29) is 12.3 Å². The normalized spacial score (nSPS) is 18.1. The first-order valence-corrected chi connectivity index (χ1v) is 8.40. The maximum absolute atomic E-state index is 11.4. The van der Waals surface area contributed by atoms with Crippen LogP contribution >= 0.6 is 0 Å². The molecule has 0 aromatic heterocycles. The molecule has 1 saturated heterocycles. The molecule has 0 radical (unpaired) electrons. The molecule has 1 aromatic carbocycles. The van der Waals surface area contributed by atoms with Crippen molar-refractivity contribution in [3.63, 3.8) is 0 Å². The molecule has 3 rings (SSSR count). The Bertz CT molecular complexity index is 606. The van der Waals surface area contributed by atoms with Crippen LogP contribution in [0.25, 0.3) is 0 Å². The molecule has 2 aliphatic rings. The number of piperidine rings is 1. The van der Waals surface area contributed by atoms with Crippen molar-refractivity contribution in [2.45, 2.75) is 45.1 Å². The van der Waals surface area contributed by atoms with Crippen LogP contribution in [0.4, 0.5) is 5.69 Å². The van der Waals surface area contributed by atoms with Gasteiger partial charge in [0.15, 0.2) is 0 Å². The smallest absolute Gasteiger partial charge is 0.303 e. The number of nitrogens with zero attached hydrogens (tertiary/aromatic N) is 2. The van der Waals surface area contributed by atoms with Crippen LogP contribution in [0.15, 0.2) is 18.2 Å². The number of amides is 1. The number of hydrogen-bond acceptors (Lipinski definition) is 3. The molecule has 5 nitrogen and oxygen atoms in total. The molecule has 2 aliphatic heterocycles. The molecule has 1 amide bonds. The van der Waals surface area contributed by atoms with E-state index in [0.717, 1.165) is 44.5 Å². The summed E-state index contributed by atoms with van der Waals surface area (Å²) < 4.78 is 0. The van der Waals surface area contributed by atoms with Gasteiger partial charge in [-0.3, -0.25) is 9.59 Å². The molecule has 5 heteroatoms. The second-order valence-corrected chi connectivity index (χ2v) is 6.54. The van der Waals surface area contributed by atoms with E-state index >= 15 is 0 Å². The Morgan fingerprint density at radius 3 is 2.61 bits per heavy atom. The van der Waals surface area contributed by atoms with Crippen molar-refractivity contribution < 1.29 is 14.7 Å². The number of carbonyl (C=O) groups excluding carboxylic acids is 1. The fourth-order valence-corrected chi connectivity index (χ4v) is 3.76. The molecule has 0 unspecified atom stereocenters. The first-order chi connectivity index (χ1) is 11.0. The summed E-state index contributed by atoms with van der Waals surface area (Å²) >= 11 is 0. The van der Waals surface area contributed by atoms with Crippen molar-refractivity contribution in [2.75, 3.05) is 24.5 Å². The molecule has 0 saturated carbocycles. The van der Waals surface area contributed by atoms with Crippen molar-refractivity contribution in [3.05, 3.63) is 29.3 Å². The Balaban J connectivity index is 1.65. The number of aliphatic carboxylic acids is 1. The van der Waals surface area contributed by atoms with E-state index in [9.17, 15) is 9.59 Å². The van der Waals surface area contributed by atoms with E-state index in [1.54, 1.807) is 6.92 Å². The molecule has 0 spiro atoms. The van der Waals surface area contributed by atoms with Crippen molar-refractivity contribution in [1.29, 1.82) is 0 Å². The van der Waals surface area contributed by atoms with Crippen molar-refractivity contribution in [3.8, 4) is 0 Å². The van der Waals surface area contributed by atoms with E-state index in [2.05, 4.69) is 23.1 Å². The van der Waals surface area contributed by atoms with E-state index in [0.29, 0.717) is 12.5 Å². The Morgan fingerprint density at radius 2 is 1.96 bits per heavy atom. The minimum Gasteiger partial charge on any atom is -0.481 e. The minimum atomic E-state index is -0.746. The van der Waals surface area contributed by atoms with Gasteiger partial charge in [-0.05, 0) is 42.9 Å². The van der Waals surface area contributed by atoms with Crippen LogP contribution < -0.4 is 4.90 Å². The highest BCUT2D eigenvalue weighted by Gasteiger charge is 2.29. The lowest BCUT2D eigenvalue weighted by Crippen LogP contribution is -2.45. The van der Waals surface area contributed by atoms with E-state index in [1.807, 2.05) is 4.90 Å². The standard InChI is InChI=1S/C18H24N2O3/c1-13(21)19-9-7-16(8-10-19)20-11-6-15-12-14(2-4-17(15)20)3-5-18(22)23/h2,4,12,16H,3,5-11H2,1H3,(H,22,23). The van der Waals surface area contributed by atoms with Crippen LogP contribution in [0, 0.1) is 0 Å². The summed E-state index contributed by atoms with van der Waals surface area (Å²) in [4.78, 5) is 26.6. The van der Waals surface area contributed by atoms with Gasteiger partial charge in [-0.2, -0.15) is 0 Å². The average molecular weight is 316 g/mol. The highest BCUT2D eigenvalue weighted by atomic mass is 16.4. The number of rotatable bonds is 4. The topological polar surface area (TPSA) is 60.9 Å². The third-order valence-corrected chi connectivity index (χ3v) is 5.05. The first kappa shape index (κ1) is 15.8. The summed E-state index contributed by atoms with van der Waals surface area (Å²) in [6, 6.07) is 6.89. The van der Waals surface area contributed by atoms with Gasteiger partial charge >= 0.3 is 5.97 Å². The average Bonchev–Trinajstić information content (AvgIpc) is 2.96. The zero-order valence-electron chi connectivity index (χ0n) is 13.6. The zero-order valence-corrected chi connectivity index (χ0v) is 13.6.